The summed E-state index contributed by atoms with van der Waals surface area (Å²) in [6, 6.07) is 0.629. The number of nitrogens with two attached hydrogens (primary N) is 1. The smallest absolute Gasteiger partial charge is 0.280 e. The molecule has 0 bridgehead atoms. The maximum atomic E-state index is 12.5. The van der Waals surface area contributed by atoms with E-state index < -0.39 is 23.9 Å². The molecule has 0 spiro atoms. The number of hydrogen-bond acceptors (Lipinski definition) is 2. The minimum atomic E-state index is -2.95. The SMILES string of the molecule is NCc1cc(F)c(F)nc1C(F)F. The van der Waals surface area contributed by atoms with Crippen LogP contribution in [0.5, 0.6) is 0 Å². The molecular weight excluding hydrogens is 188 g/mol. The molecule has 0 unspecified atom stereocenters. The van der Waals surface area contributed by atoms with Crippen LogP contribution in [0.15, 0.2) is 6.07 Å². The third kappa shape index (κ3) is 1.95. The van der Waals surface area contributed by atoms with Crippen LogP contribution in [-0.4, -0.2) is 4.98 Å². The van der Waals surface area contributed by atoms with E-state index in [1.807, 2.05) is 0 Å². The first-order chi connectivity index (χ1) is 6.06. The Labute approximate surface area is 71.4 Å². The van der Waals surface area contributed by atoms with Gasteiger partial charge in [0.2, 0.25) is 5.95 Å². The molecule has 0 aromatic carbocycles. The molecular formula is C7H6F4N2. The van der Waals surface area contributed by atoms with Gasteiger partial charge in [-0.15, -0.1) is 0 Å². The minimum absolute atomic E-state index is 0.186. The molecule has 13 heavy (non-hydrogen) atoms. The molecule has 1 heterocycles. The van der Waals surface area contributed by atoms with Crippen LogP contribution >= 0.6 is 0 Å². The van der Waals surface area contributed by atoms with E-state index in [1.54, 1.807) is 0 Å². The van der Waals surface area contributed by atoms with Crippen molar-refractivity contribution in [3.63, 3.8) is 0 Å². The second kappa shape index (κ2) is 3.69. The minimum Gasteiger partial charge on any atom is -0.326 e. The van der Waals surface area contributed by atoms with Crippen molar-refractivity contribution >= 4 is 0 Å². The van der Waals surface area contributed by atoms with Crippen molar-refractivity contribution in [1.29, 1.82) is 0 Å². The van der Waals surface area contributed by atoms with Crippen LogP contribution in [0.4, 0.5) is 17.6 Å². The van der Waals surface area contributed by atoms with Crippen LogP contribution in [0.3, 0.4) is 0 Å². The average molecular weight is 194 g/mol. The largest absolute Gasteiger partial charge is 0.326 e. The van der Waals surface area contributed by atoms with Gasteiger partial charge >= 0.3 is 0 Å². The topological polar surface area (TPSA) is 38.9 Å². The molecule has 0 aliphatic carbocycles. The van der Waals surface area contributed by atoms with E-state index in [2.05, 4.69) is 4.98 Å². The van der Waals surface area contributed by atoms with Crippen LogP contribution in [0, 0.1) is 11.8 Å². The van der Waals surface area contributed by atoms with E-state index in [0.717, 1.165) is 0 Å². The highest BCUT2D eigenvalue weighted by atomic mass is 19.3. The van der Waals surface area contributed by atoms with Crippen molar-refractivity contribution in [2.75, 3.05) is 0 Å². The molecule has 1 rings (SSSR count). The number of hydrogen-bond donors (Lipinski definition) is 1. The quantitative estimate of drug-likeness (QED) is 0.575. The van der Waals surface area contributed by atoms with Crippen LogP contribution in [0.1, 0.15) is 17.7 Å². The van der Waals surface area contributed by atoms with Crippen molar-refractivity contribution in [2.45, 2.75) is 13.0 Å². The molecule has 0 saturated carbocycles. The van der Waals surface area contributed by atoms with E-state index in [4.69, 9.17) is 5.73 Å². The summed E-state index contributed by atoms with van der Waals surface area (Å²) in [5, 5.41) is 0. The lowest BCUT2D eigenvalue weighted by atomic mass is 10.2. The van der Waals surface area contributed by atoms with Crippen LogP contribution in [-0.2, 0) is 6.54 Å². The molecule has 72 valence electrons. The van der Waals surface area contributed by atoms with Gasteiger partial charge in [0, 0.05) is 6.54 Å². The zero-order valence-corrected chi connectivity index (χ0v) is 6.40. The van der Waals surface area contributed by atoms with Gasteiger partial charge in [0.15, 0.2) is 5.82 Å². The first-order valence-electron chi connectivity index (χ1n) is 3.39. The summed E-state index contributed by atoms with van der Waals surface area (Å²) in [6.07, 6.45) is -2.95. The van der Waals surface area contributed by atoms with Crippen LogP contribution in [0.2, 0.25) is 0 Å². The average Bonchev–Trinajstić information content (AvgIpc) is 2.08. The van der Waals surface area contributed by atoms with Gasteiger partial charge in [-0.25, -0.2) is 18.2 Å². The Hall–Kier alpha value is -1.17. The highest BCUT2D eigenvalue weighted by Gasteiger charge is 2.17. The molecule has 2 N–H and O–H groups in total. The van der Waals surface area contributed by atoms with Gasteiger partial charge in [-0.05, 0) is 11.6 Å². The zero-order valence-electron chi connectivity index (χ0n) is 6.40. The molecule has 1 aromatic rings. The summed E-state index contributed by atoms with van der Waals surface area (Å²) in [7, 11) is 0. The highest BCUT2D eigenvalue weighted by molar-refractivity contribution is 5.21. The molecule has 0 saturated heterocycles. The standard InChI is InChI=1S/C7H6F4N2/c8-4-1-3(2-12)5(6(9)10)13-7(4)11/h1,6H,2,12H2. The molecule has 6 heteroatoms. The van der Waals surface area contributed by atoms with E-state index in [1.165, 1.54) is 0 Å². The van der Waals surface area contributed by atoms with Gasteiger partial charge in [0.25, 0.3) is 6.43 Å². The summed E-state index contributed by atoms with van der Waals surface area (Å²) in [4.78, 5) is 2.77. The van der Waals surface area contributed by atoms with Crippen molar-refractivity contribution in [1.82, 2.24) is 4.98 Å². The lowest BCUT2D eigenvalue weighted by molar-refractivity contribution is 0.143. The predicted molar refractivity (Wildman–Crippen MR) is 37.0 cm³/mol. The van der Waals surface area contributed by atoms with Gasteiger partial charge in [-0.3, -0.25) is 0 Å². The molecule has 2 nitrogen and oxygen atoms in total. The van der Waals surface area contributed by atoms with E-state index in [-0.39, 0.29) is 12.1 Å². The Balaban J connectivity index is 3.25. The predicted octanol–water partition coefficient (Wildman–Crippen LogP) is 1.76. The summed E-state index contributed by atoms with van der Waals surface area (Å²) in [5.41, 5.74) is 4.05. The van der Waals surface area contributed by atoms with Crippen LogP contribution in [0.25, 0.3) is 0 Å². The normalized spacial score (nSPS) is 10.9. The fourth-order valence-electron chi connectivity index (χ4n) is 0.870. The monoisotopic (exact) mass is 194 g/mol. The third-order valence-electron chi connectivity index (χ3n) is 1.47. The van der Waals surface area contributed by atoms with E-state index >= 15 is 0 Å². The summed E-state index contributed by atoms with van der Waals surface area (Å²) < 4.78 is 49.1. The van der Waals surface area contributed by atoms with Gasteiger partial charge < -0.3 is 5.73 Å². The molecule has 1 aromatic heterocycles. The fraction of sp³-hybridized carbons (Fsp3) is 0.286. The number of alkyl halides is 2. The number of nitrogens with zero attached hydrogens (tertiary/aromatic N) is 1. The summed E-state index contributed by atoms with van der Waals surface area (Å²) >= 11 is 0. The van der Waals surface area contributed by atoms with E-state index in [0.29, 0.717) is 6.07 Å². The Morgan fingerprint density at radius 1 is 1.38 bits per heavy atom. The number of pyridine rings is 1. The first kappa shape index (κ1) is 9.91. The van der Waals surface area contributed by atoms with Crippen molar-refractivity contribution in [3.05, 3.63) is 29.1 Å². The van der Waals surface area contributed by atoms with Crippen molar-refractivity contribution < 1.29 is 17.6 Å². The van der Waals surface area contributed by atoms with Gasteiger partial charge in [-0.2, -0.15) is 4.39 Å². The summed E-state index contributed by atoms with van der Waals surface area (Å²) in [6.45, 7) is -0.302. The van der Waals surface area contributed by atoms with Gasteiger partial charge in [0.1, 0.15) is 5.69 Å². The maximum Gasteiger partial charge on any atom is 0.280 e. The maximum absolute atomic E-state index is 12.5. The second-order valence-corrected chi connectivity index (χ2v) is 2.31. The number of halogens is 4. The highest BCUT2D eigenvalue weighted by Crippen LogP contribution is 2.21. The molecule has 0 aliphatic rings. The zero-order chi connectivity index (χ0) is 10.0. The Kier molecular flexibility index (Phi) is 2.82. The second-order valence-electron chi connectivity index (χ2n) is 2.31. The van der Waals surface area contributed by atoms with Crippen molar-refractivity contribution in [3.8, 4) is 0 Å². The molecule has 0 radical (unpaired) electrons. The Morgan fingerprint density at radius 2 is 2.00 bits per heavy atom. The third-order valence-corrected chi connectivity index (χ3v) is 1.47. The van der Waals surface area contributed by atoms with Gasteiger partial charge in [0.05, 0.1) is 0 Å². The number of aromatic nitrogens is 1. The fourth-order valence-corrected chi connectivity index (χ4v) is 0.870. The Bertz CT molecular complexity index is 314. The van der Waals surface area contributed by atoms with Crippen molar-refractivity contribution in [2.24, 2.45) is 5.73 Å². The number of rotatable bonds is 2. The molecule has 0 amide bonds. The molecule has 0 aliphatic heterocycles. The lowest BCUT2D eigenvalue weighted by Gasteiger charge is -2.05. The van der Waals surface area contributed by atoms with Crippen LogP contribution < -0.4 is 5.73 Å². The van der Waals surface area contributed by atoms with E-state index in [9.17, 15) is 17.6 Å². The first-order valence-corrected chi connectivity index (χ1v) is 3.39. The van der Waals surface area contributed by atoms with Gasteiger partial charge in [-0.1, -0.05) is 0 Å². The summed E-state index contributed by atoms with van der Waals surface area (Å²) in [5.74, 6) is -2.81. The Morgan fingerprint density at radius 3 is 2.46 bits per heavy atom. The lowest BCUT2D eigenvalue weighted by Crippen LogP contribution is -2.07. The molecule has 0 atom stereocenters. The molecule has 0 fully saturated rings.